The molecule has 0 bridgehead atoms. The molecule has 1 aliphatic rings. The average molecular weight is 424 g/mol. The molecule has 4 heterocycles. The zero-order valence-corrected chi connectivity index (χ0v) is 17.4. The fraction of sp³-hybridized carbons (Fsp3) is 0.217. The molecule has 0 radical (unpaired) electrons. The monoisotopic (exact) mass is 424 g/mol. The number of hydrogen-bond donors (Lipinski definition) is 2. The highest BCUT2D eigenvalue weighted by molar-refractivity contribution is 5.99. The van der Waals surface area contributed by atoms with Gasteiger partial charge in [-0.3, -0.25) is 4.79 Å². The van der Waals surface area contributed by atoms with Crippen molar-refractivity contribution in [1.29, 1.82) is 0 Å². The number of hydrogen-bond acceptors (Lipinski definition) is 7. The predicted molar refractivity (Wildman–Crippen MR) is 120 cm³/mol. The molecular weight excluding hydrogens is 404 g/mol. The number of anilines is 2. The van der Waals surface area contributed by atoms with Gasteiger partial charge in [-0.25, -0.2) is 19.6 Å². The maximum Gasteiger partial charge on any atom is 0.228 e. The molecule has 9 heteroatoms. The Balaban J connectivity index is 1.43. The van der Waals surface area contributed by atoms with Gasteiger partial charge in [0.15, 0.2) is 0 Å². The third-order valence-electron chi connectivity index (χ3n) is 5.17. The first kappa shape index (κ1) is 19.6. The Labute approximate surface area is 184 Å². The number of carbonyl (C=O) groups excluding carboxylic acids is 1. The predicted octanol–water partition coefficient (Wildman–Crippen LogP) is 2.45. The minimum absolute atomic E-state index is 0.0163. The first-order valence-electron chi connectivity index (χ1n) is 10.3. The Hall–Kier alpha value is -4.32. The summed E-state index contributed by atoms with van der Waals surface area (Å²) in [6.07, 6.45) is 10.5. The molecule has 1 fully saturated rings. The third kappa shape index (κ3) is 4.25. The lowest BCUT2D eigenvalue weighted by Crippen LogP contribution is -2.14. The second kappa shape index (κ2) is 8.43. The molecule has 158 valence electrons. The van der Waals surface area contributed by atoms with Gasteiger partial charge in [-0.1, -0.05) is 17.2 Å². The van der Waals surface area contributed by atoms with Crippen molar-refractivity contribution in [3.05, 3.63) is 66.0 Å². The molecule has 1 aliphatic carbocycles. The smallest absolute Gasteiger partial charge is 0.228 e. The van der Waals surface area contributed by atoms with Crippen molar-refractivity contribution in [2.24, 2.45) is 5.92 Å². The number of rotatable bonds is 5. The van der Waals surface area contributed by atoms with Crippen LogP contribution in [0.3, 0.4) is 0 Å². The minimum Gasteiger partial charge on any atom is -0.373 e. The van der Waals surface area contributed by atoms with Gasteiger partial charge in [0.2, 0.25) is 5.91 Å². The summed E-state index contributed by atoms with van der Waals surface area (Å²) in [5.41, 5.74) is 2.39. The second-order valence-electron chi connectivity index (χ2n) is 7.55. The van der Waals surface area contributed by atoms with E-state index in [-0.39, 0.29) is 11.8 Å². The third-order valence-corrected chi connectivity index (χ3v) is 5.17. The molecule has 0 unspecified atom stereocenters. The number of pyridine rings is 3. The fourth-order valence-corrected chi connectivity index (χ4v) is 3.30. The highest BCUT2D eigenvalue weighted by Gasteiger charge is 2.29. The SMILES string of the molecule is CNc1ncc(C#Cc2ccc(Cn3ccnn3)cn2)c2cc(NC(=O)C3CC3)ncc12. The maximum atomic E-state index is 12.1. The molecular formula is C23H20N8O. The molecule has 1 saturated carbocycles. The molecule has 0 aliphatic heterocycles. The summed E-state index contributed by atoms with van der Waals surface area (Å²) >= 11 is 0. The van der Waals surface area contributed by atoms with Gasteiger partial charge in [0.25, 0.3) is 0 Å². The molecule has 4 aromatic heterocycles. The summed E-state index contributed by atoms with van der Waals surface area (Å²) in [4.78, 5) is 25.4. The van der Waals surface area contributed by atoms with Gasteiger partial charge in [0, 0.05) is 48.5 Å². The molecule has 0 aromatic carbocycles. The minimum atomic E-state index is 0.0163. The molecule has 2 N–H and O–H groups in total. The summed E-state index contributed by atoms with van der Waals surface area (Å²) in [5, 5.41) is 15.4. The van der Waals surface area contributed by atoms with E-state index in [9.17, 15) is 4.79 Å². The molecule has 9 nitrogen and oxygen atoms in total. The van der Waals surface area contributed by atoms with Crippen LogP contribution in [-0.4, -0.2) is 42.9 Å². The molecule has 0 spiro atoms. The van der Waals surface area contributed by atoms with Crippen molar-refractivity contribution in [3.8, 4) is 11.8 Å². The molecule has 5 rings (SSSR count). The van der Waals surface area contributed by atoms with Gasteiger partial charge < -0.3 is 10.6 Å². The van der Waals surface area contributed by atoms with Gasteiger partial charge in [0.05, 0.1) is 18.3 Å². The lowest BCUT2D eigenvalue weighted by atomic mass is 10.1. The van der Waals surface area contributed by atoms with Crippen molar-refractivity contribution in [2.45, 2.75) is 19.4 Å². The second-order valence-corrected chi connectivity index (χ2v) is 7.55. The van der Waals surface area contributed by atoms with Crippen LogP contribution in [0.4, 0.5) is 11.6 Å². The number of carbonyl (C=O) groups is 1. The van der Waals surface area contributed by atoms with E-state index >= 15 is 0 Å². The van der Waals surface area contributed by atoms with Crippen molar-refractivity contribution < 1.29 is 4.79 Å². The maximum absolute atomic E-state index is 12.1. The standard InChI is InChI=1S/C23H20N8O/c1-24-22-20-13-26-21(29-23(32)16-3-4-16)10-19(20)17(12-27-22)5-7-18-6-2-15(11-25-18)14-31-9-8-28-30-31/h2,6,8-13,16H,3-4,14H2,1H3,(H,24,27)(H,26,29,32). The number of nitrogens with one attached hydrogen (secondary N) is 2. The first-order chi connectivity index (χ1) is 15.7. The number of amides is 1. The number of nitrogens with zero attached hydrogens (tertiary/aromatic N) is 6. The van der Waals surface area contributed by atoms with Gasteiger partial charge in [-0.05, 0) is 36.5 Å². The van der Waals surface area contributed by atoms with E-state index in [1.165, 1.54) is 0 Å². The quantitative estimate of drug-likeness (QED) is 0.474. The van der Waals surface area contributed by atoms with Crippen LogP contribution in [0.5, 0.6) is 0 Å². The van der Waals surface area contributed by atoms with Crippen LogP contribution in [0.15, 0.2) is 49.2 Å². The van der Waals surface area contributed by atoms with E-state index in [1.54, 1.807) is 42.7 Å². The molecule has 1 amide bonds. The largest absolute Gasteiger partial charge is 0.373 e. The van der Waals surface area contributed by atoms with Crippen LogP contribution >= 0.6 is 0 Å². The van der Waals surface area contributed by atoms with Gasteiger partial charge in [-0.15, -0.1) is 5.10 Å². The Kier molecular flexibility index (Phi) is 5.17. The lowest BCUT2D eigenvalue weighted by molar-refractivity contribution is -0.117. The Morgan fingerprint density at radius 3 is 2.75 bits per heavy atom. The van der Waals surface area contributed by atoms with Crippen molar-refractivity contribution in [2.75, 3.05) is 17.7 Å². The van der Waals surface area contributed by atoms with Crippen LogP contribution in [-0.2, 0) is 11.3 Å². The highest BCUT2D eigenvalue weighted by Crippen LogP contribution is 2.31. The first-order valence-corrected chi connectivity index (χ1v) is 10.3. The van der Waals surface area contributed by atoms with Crippen molar-refractivity contribution in [1.82, 2.24) is 29.9 Å². The lowest BCUT2D eigenvalue weighted by Gasteiger charge is -2.09. The van der Waals surface area contributed by atoms with Crippen LogP contribution < -0.4 is 10.6 Å². The normalized spacial score (nSPS) is 12.8. The van der Waals surface area contributed by atoms with Gasteiger partial charge in [0.1, 0.15) is 17.3 Å². The molecule has 0 atom stereocenters. The Morgan fingerprint density at radius 2 is 2.03 bits per heavy atom. The van der Waals surface area contributed by atoms with E-state index in [1.807, 2.05) is 18.2 Å². The van der Waals surface area contributed by atoms with E-state index in [0.29, 0.717) is 23.9 Å². The fourth-order valence-electron chi connectivity index (χ4n) is 3.30. The topological polar surface area (TPSA) is 111 Å². The zero-order valence-electron chi connectivity index (χ0n) is 17.4. The van der Waals surface area contributed by atoms with Crippen LogP contribution in [0, 0.1) is 17.8 Å². The average Bonchev–Trinajstić information content (AvgIpc) is 3.55. The van der Waals surface area contributed by atoms with Crippen LogP contribution in [0.2, 0.25) is 0 Å². The summed E-state index contributed by atoms with van der Waals surface area (Å²) in [6, 6.07) is 5.69. The van der Waals surface area contributed by atoms with E-state index in [2.05, 4.69) is 47.7 Å². The van der Waals surface area contributed by atoms with E-state index in [4.69, 9.17) is 0 Å². The van der Waals surface area contributed by atoms with E-state index in [0.717, 1.165) is 34.7 Å². The summed E-state index contributed by atoms with van der Waals surface area (Å²) < 4.78 is 1.73. The molecule has 0 saturated heterocycles. The number of fused-ring (bicyclic) bond motifs is 1. The summed E-state index contributed by atoms with van der Waals surface area (Å²) in [7, 11) is 1.81. The summed E-state index contributed by atoms with van der Waals surface area (Å²) in [6.45, 7) is 0.600. The molecule has 32 heavy (non-hydrogen) atoms. The highest BCUT2D eigenvalue weighted by atomic mass is 16.2. The van der Waals surface area contributed by atoms with Gasteiger partial charge in [-0.2, -0.15) is 0 Å². The number of aromatic nitrogens is 6. The van der Waals surface area contributed by atoms with Crippen molar-refractivity contribution in [3.63, 3.8) is 0 Å². The van der Waals surface area contributed by atoms with Gasteiger partial charge >= 0.3 is 0 Å². The Bertz CT molecular complexity index is 1330. The van der Waals surface area contributed by atoms with E-state index < -0.39 is 0 Å². The summed E-state index contributed by atoms with van der Waals surface area (Å²) in [5.74, 6) is 7.61. The molecule has 4 aromatic rings. The van der Waals surface area contributed by atoms with Crippen molar-refractivity contribution >= 4 is 28.3 Å². The zero-order chi connectivity index (χ0) is 21.9. The Morgan fingerprint density at radius 1 is 1.12 bits per heavy atom. The van der Waals surface area contributed by atoms with Crippen LogP contribution in [0.25, 0.3) is 10.8 Å². The van der Waals surface area contributed by atoms with Crippen LogP contribution in [0.1, 0.15) is 29.7 Å².